The first-order valence-electron chi connectivity index (χ1n) is 13.9. The Morgan fingerprint density at radius 1 is 0.795 bits per heavy atom. The topological polar surface area (TPSA) is 57.2 Å². The van der Waals surface area contributed by atoms with Crippen molar-refractivity contribution in [1.29, 1.82) is 0 Å². The molecule has 7 heteroatoms. The van der Waals surface area contributed by atoms with Gasteiger partial charge in [0.1, 0.15) is 0 Å². The standard InChI is InChI=1S/C32H42BrNO5/c1-5-34(6-2)17-9-19-39-29-15-13-25(23-31(29)37-4)21-27-11-7-10-26(32(27)35)20-24-12-14-28(30(22-24)36-3)38-18-8-16-33/h12-15,20-23H,5-11,16-19H2,1-4H3/b26-20+,27-21+. The molecule has 212 valence electrons. The molecule has 1 aliphatic carbocycles. The van der Waals surface area contributed by atoms with Crippen LogP contribution < -0.4 is 18.9 Å². The number of halogens is 1. The van der Waals surface area contributed by atoms with Gasteiger partial charge in [-0.15, -0.1) is 0 Å². The van der Waals surface area contributed by atoms with Crippen LogP contribution in [-0.4, -0.2) is 63.1 Å². The number of alkyl halides is 1. The fourth-order valence-electron chi connectivity index (χ4n) is 4.61. The third-order valence-electron chi connectivity index (χ3n) is 6.84. The average Bonchev–Trinajstić information content (AvgIpc) is 2.96. The van der Waals surface area contributed by atoms with Gasteiger partial charge in [0.05, 0.1) is 27.4 Å². The lowest BCUT2D eigenvalue weighted by molar-refractivity contribution is -0.112. The van der Waals surface area contributed by atoms with E-state index in [0.29, 0.717) is 30.5 Å². The second-order valence-electron chi connectivity index (χ2n) is 9.46. The average molecular weight is 601 g/mol. The summed E-state index contributed by atoms with van der Waals surface area (Å²) in [6.45, 7) is 8.71. The Morgan fingerprint density at radius 3 is 1.77 bits per heavy atom. The highest BCUT2D eigenvalue weighted by Crippen LogP contribution is 2.33. The molecule has 0 bridgehead atoms. The van der Waals surface area contributed by atoms with E-state index in [0.717, 1.165) is 85.1 Å². The molecule has 2 aromatic carbocycles. The van der Waals surface area contributed by atoms with Crippen molar-refractivity contribution >= 4 is 33.9 Å². The third kappa shape index (κ3) is 9.14. The van der Waals surface area contributed by atoms with Crippen LogP contribution in [0.2, 0.25) is 0 Å². The first-order valence-corrected chi connectivity index (χ1v) is 15.0. The molecule has 0 radical (unpaired) electrons. The van der Waals surface area contributed by atoms with Crippen molar-refractivity contribution in [2.45, 2.75) is 46.0 Å². The highest BCUT2D eigenvalue weighted by Gasteiger charge is 2.21. The normalized spacial score (nSPS) is 15.7. The summed E-state index contributed by atoms with van der Waals surface area (Å²) in [6.07, 6.45) is 8.26. The Balaban J connectivity index is 1.70. The number of rotatable bonds is 15. The van der Waals surface area contributed by atoms with Crippen LogP contribution in [0.25, 0.3) is 12.2 Å². The summed E-state index contributed by atoms with van der Waals surface area (Å²) in [6, 6.07) is 11.7. The van der Waals surface area contributed by atoms with Gasteiger partial charge in [0.25, 0.3) is 0 Å². The minimum atomic E-state index is 0.0913. The molecule has 1 saturated carbocycles. The lowest BCUT2D eigenvalue weighted by atomic mass is 9.87. The van der Waals surface area contributed by atoms with Crippen LogP contribution in [0, 0.1) is 0 Å². The molecule has 6 nitrogen and oxygen atoms in total. The molecule has 0 atom stereocenters. The minimum Gasteiger partial charge on any atom is -0.493 e. The summed E-state index contributed by atoms with van der Waals surface area (Å²) in [5.74, 6) is 2.87. The van der Waals surface area contributed by atoms with Crippen LogP contribution in [-0.2, 0) is 4.79 Å². The zero-order valence-corrected chi connectivity index (χ0v) is 25.3. The summed E-state index contributed by atoms with van der Waals surface area (Å²) in [4.78, 5) is 15.8. The van der Waals surface area contributed by atoms with Gasteiger partial charge >= 0.3 is 0 Å². The summed E-state index contributed by atoms with van der Waals surface area (Å²) in [5, 5.41) is 0.888. The minimum absolute atomic E-state index is 0.0913. The first-order chi connectivity index (χ1) is 19.0. The van der Waals surface area contributed by atoms with E-state index >= 15 is 0 Å². The van der Waals surface area contributed by atoms with Crippen molar-refractivity contribution in [3.05, 3.63) is 58.7 Å². The molecule has 0 N–H and O–H groups in total. The van der Waals surface area contributed by atoms with Crippen molar-refractivity contribution in [3.63, 3.8) is 0 Å². The molecule has 0 aromatic heterocycles. The molecule has 1 fully saturated rings. The second-order valence-corrected chi connectivity index (χ2v) is 10.3. The SMILES string of the molecule is CCN(CC)CCCOc1ccc(/C=C2\CCC/C(=C\c3ccc(OCCCBr)c(OC)c3)C2=O)cc1OC. The largest absolute Gasteiger partial charge is 0.493 e. The number of hydrogen-bond acceptors (Lipinski definition) is 6. The monoisotopic (exact) mass is 599 g/mol. The summed E-state index contributed by atoms with van der Waals surface area (Å²) in [5.41, 5.74) is 3.47. The van der Waals surface area contributed by atoms with Gasteiger partial charge in [-0.1, -0.05) is 41.9 Å². The van der Waals surface area contributed by atoms with E-state index in [4.69, 9.17) is 18.9 Å². The Morgan fingerprint density at radius 2 is 1.31 bits per heavy atom. The molecule has 0 aliphatic heterocycles. The molecular formula is C32H42BrNO5. The fourth-order valence-corrected chi connectivity index (χ4v) is 4.84. The maximum absolute atomic E-state index is 13.4. The lowest BCUT2D eigenvalue weighted by Gasteiger charge is -2.18. The van der Waals surface area contributed by atoms with Crippen LogP contribution in [0.1, 0.15) is 57.1 Å². The zero-order valence-electron chi connectivity index (χ0n) is 23.8. The van der Waals surface area contributed by atoms with E-state index in [2.05, 4.69) is 34.7 Å². The van der Waals surface area contributed by atoms with Crippen LogP contribution in [0.15, 0.2) is 47.5 Å². The Kier molecular flexibility index (Phi) is 12.9. The van der Waals surface area contributed by atoms with Crippen LogP contribution in [0.4, 0.5) is 0 Å². The number of hydrogen-bond donors (Lipinski definition) is 0. The Labute approximate surface area is 242 Å². The highest BCUT2D eigenvalue weighted by atomic mass is 79.9. The molecule has 0 heterocycles. The second kappa shape index (κ2) is 16.4. The first kappa shape index (κ1) is 30.8. The number of allylic oxidation sites excluding steroid dienone is 2. The van der Waals surface area contributed by atoms with Crippen LogP contribution in [0.3, 0.4) is 0 Å². The van der Waals surface area contributed by atoms with Crippen molar-refractivity contribution < 1.29 is 23.7 Å². The van der Waals surface area contributed by atoms with Crippen molar-refractivity contribution in [2.75, 3.05) is 52.4 Å². The van der Waals surface area contributed by atoms with Gasteiger partial charge < -0.3 is 23.8 Å². The smallest absolute Gasteiger partial charge is 0.185 e. The number of benzene rings is 2. The Bertz CT molecular complexity index is 1140. The third-order valence-corrected chi connectivity index (χ3v) is 7.40. The number of ether oxygens (including phenoxy) is 4. The molecule has 39 heavy (non-hydrogen) atoms. The zero-order chi connectivity index (χ0) is 28.0. The van der Waals surface area contributed by atoms with Crippen LogP contribution in [0.5, 0.6) is 23.0 Å². The van der Waals surface area contributed by atoms with Gasteiger partial charge in [-0.2, -0.15) is 0 Å². The van der Waals surface area contributed by atoms with Crippen molar-refractivity contribution in [1.82, 2.24) is 4.90 Å². The highest BCUT2D eigenvalue weighted by molar-refractivity contribution is 9.09. The van der Waals surface area contributed by atoms with Gasteiger partial charge in [0.2, 0.25) is 0 Å². The maximum atomic E-state index is 13.4. The van der Waals surface area contributed by atoms with Crippen molar-refractivity contribution in [3.8, 4) is 23.0 Å². The summed E-state index contributed by atoms with van der Waals surface area (Å²) >= 11 is 3.42. The summed E-state index contributed by atoms with van der Waals surface area (Å²) < 4.78 is 22.9. The molecule has 0 amide bonds. The number of carbonyl (C=O) groups excluding carboxylic acids is 1. The molecule has 1 aliphatic rings. The van der Waals surface area contributed by atoms with Gasteiger partial charge in [-0.3, -0.25) is 4.79 Å². The number of methoxy groups -OCH3 is 2. The predicted octanol–water partition coefficient (Wildman–Crippen LogP) is 7.20. The van der Waals surface area contributed by atoms with E-state index in [1.54, 1.807) is 14.2 Å². The quantitative estimate of drug-likeness (QED) is 0.123. The predicted molar refractivity (Wildman–Crippen MR) is 163 cm³/mol. The van der Waals surface area contributed by atoms with E-state index < -0.39 is 0 Å². The van der Waals surface area contributed by atoms with Gasteiger partial charge in [0, 0.05) is 23.0 Å². The van der Waals surface area contributed by atoms with E-state index in [1.165, 1.54) is 0 Å². The molecule has 2 aromatic rings. The van der Waals surface area contributed by atoms with E-state index in [9.17, 15) is 4.79 Å². The molecule has 3 rings (SSSR count). The maximum Gasteiger partial charge on any atom is 0.185 e. The van der Waals surface area contributed by atoms with E-state index in [-0.39, 0.29) is 5.78 Å². The number of ketones is 1. The number of carbonyl (C=O) groups is 1. The number of nitrogens with zero attached hydrogens (tertiary/aromatic N) is 1. The van der Waals surface area contributed by atoms with Crippen molar-refractivity contribution in [2.24, 2.45) is 0 Å². The van der Waals surface area contributed by atoms with Gasteiger partial charge in [0.15, 0.2) is 28.8 Å². The fraction of sp³-hybridized carbons (Fsp3) is 0.469. The number of Topliss-reactive ketones (excluding diaryl/α,β-unsaturated/α-hetero) is 1. The van der Waals surface area contributed by atoms with Gasteiger partial charge in [-0.05, 0) is 92.7 Å². The molecular weight excluding hydrogens is 558 g/mol. The van der Waals surface area contributed by atoms with Crippen LogP contribution >= 0.6 is 15.9 Å². The molecule has 0 unspecified atom stereocenters. The summed E-state index contributed by atoms with van der Waals surface area (Å²) in [7, 11) is 3.28. The molecule has 0 saturated heterocycles. The van der Waals surface area contributed by atoms with E-state index in [1.807, 2.05) is 48.6 Å². The lowest BCUT2D eigenvalue weighted by Crippen LogP contribution is -2.25. The molecule has 0 spiro atoms. The Hall–Kier alpha value is -2.77. The van der Waals surface area contributed by atoms with Gasteiger partial charge in [-0.25, -0.2) is 0 Å².